The lowest BCUT2D eigenvalue weighted by Crippen LogP contribution is -2.41. The van der Waals surface area contributed by atoms with Gasteiger partial charge in [-0.3, -0.25) is 25.2 Å². The molecule has 3 N–H and O–H groups in total. The zero-order valence-electron chi connectivity index (χ0n) is 13.0. The molecular formula is C16H21BrN2O4. The maximum absolute atomic E-state index is 11.9. The standard InChI is InChI=1S/C16H21BrN2O4/c1-2-3-6-11(16(22)23)9-10-14(20)18-19-15(21)12-7-4-5-8-13(12)17/h4-5,7-8,11H,2-3,6,9-10H2,1H3,(H,18,20)(H,19,21)(H,22,23). The highest BCUT2D eigenvalue weighted by atomic mass is 79.9. The number of hydrazine groups is 1. The lowest BCUT2D eigenvalue weighted by atomic mass is 9.97. The van der Waals surface area contributed by atoms with Crippen LogP contribution in [0.2, 0.25) is 0 Å². The second-order valence-corrected chi connectivity index (χ2v) is 6.05. The Morgan fingerprint density at radius 2 is 1.87 bits per heavy atom. The molecule has 0 heterocycles. The summed E-state index contributed by atoms with van der Waals surface area (Å²) in [7, 11) is 0. The molecule has 1 unspecified atom stereocenters. The Labute approximate surface area is 143 Å². The van der Waals surface area contributed by atoms with E-state index in [-0.39, 0.29) is 12.8 Å². The largest absolute Gasteiger partial charge is 0.481 e. The van der Waals surface area contributed by atoms with Crippen molar-refractivity contribution >= 4 is 33.7 Å². The molecule has 6 nitrogen and oxygen atoms in total. The molecule has 1 aromatic rings. The number of benzene rings is 1. The molecule has 126 valence electrons. The van der Waals surface area contributed by atoms with Gasteiger partial charge in [-0.25, -0.2) is 0 Å². The van der Waals surface area contributed by atoms with Gasteiger partial charge in [0.15, 0.2) is 0 Å². The van der Waals surface area contributed by atoms with E-state index < -0.39 is 23.7 Å². The first kappa shape index (κ1) is 19.2. The molecule has 0 aliphatic heterocycles. The third-order valence-corrected chi connectivity index (χ3v) is 4.10. The fraction of sp³-hybridized carbons (Fsp3) is 0.438. The molecule has 23 heavy (non-hydrogen) atoms. The summed E-state index contributed by atoms with van der Waals surface area (Å²) in [6, 6.07) is 6.84. The van der Waals surface area contributed by atoms with Crippen LogP contribution in [-0.2, 0) is 9.59 Å². The summed E-state index contributed by atoms with van der Waals surface area (Å²) in [6.07, 6.45) is 2.60. The lowest BCUT2D eigenvalue weighted by molar-refractivity contribution is -0.142. The Bertz CT molecular complexity index is 563. The number of halogens is 1. The summed E-state index contributed by atoms with van der Waals surface area (Å²) in [4.78, 5) is 34.7. The van der Waals surface area contributed by atoms with E-state index in [1.807, 2.05) is 6.92 Å². The van der Waals surface area contributed by atoms with Crippen molar-refractivity contribution in [2.75, 3.05) is 0 Å². The fourth-order valence-electron chi connectivity index (χ4n) is 2.05. The number of unbranched alkanes of at least 4 members (excludes halogenated alkanes) is 1. The summed E-state index contributed by atoms with van der Waals surface area (Å²) in [5, 5.41) is 9.10. The first-order valence-electron chi connectivity index (χ1n) is 7.52. The molecule has 0 aliphatic carbocycles. The number of hydrogen-bond acceptors (Lipinski definition) is 3. The van der Waals surface area contributed by atoms with Crippen molar-refractivity contribution in [3.05, 3.63) is 34.3 Å². The normalized spacial score (nSPS) is 11.6. The third-order valence-electron chi connectivity index (χ3n) is 3.41. The smallest absolute Gasteiger partial charge is 0.306 e. The summed E-state index contributed by atoms with van der Waals surface area (Å²) < 4.78 is 0.622. The number of nitrogens with one attached hydrogen (secondary N) is 2. The number of hydrogen-bond donors (Lipinski definition) is 3. The van der Waals surface area contributed by atoms with E-state index in [0.717, 1.165) is 12.8 Å². The number of aliphatic carboxylic acids is 1. The average molecular weight is 385 g/mol. The van der Waals surface area contributed by atoms with Gasteiger partial charge in [-0.15, -0.1) is 0 Å². The maximum Gasteiger partial charge on any atom is 0.306 e. The predicted molar refractivity (Wildman–Crippen MR) is 89.6 cm³/mol. The van der Waals surface area contributed by atoms with E-state index in [9.17, 15) is 14.4 Å². The Morgan fingerprint density at radius 1 is 1.17 bits per heavy atom. The van der Waals surface area contributed by atoms with E-state index in [4.69, 9.17) is 5.11 Å². The minimum absolute atomic E-state index is 0.0525. The van der Waals surface area contributed by atoms with Crippen molar-refractivity contribution in [1.29, 1.82) is 0 Å². The molecular weight excluding hydrogens is 364 g/mol. The summed E-state index contributed by atoms with van der Waals surface area (Å²) >= 11 is 3.25. The highest BCUT2D eigenvalue weighted by Crippen LogP contribution is 2.16. The van der Waals surface area contributed by atoms with Crippen LogP contribution in [0.4, 0.5) is 0 Å². The predicted octanol–water partition coefficient (Wildman–Crippen LogP) is 2.88. The average Bonchev–Trinajstić information content (AvgIpc) is 2.52. The first-order valence-corrected chi connectivity index (χ1v) is 8.31. The van der Waals surface area contributed by atoms with Gasteiger partial charge in [-0.2, -0.15) is 0 Å². The molecule has 1 aromatic carbocycles. The Kier molecular flexibility index (Phi) is 8.32. The molecule has 0 bridgehead atoms. The van der Waals surface area contributed by atoms with Crippen molar-refractivity contribution < 1.29 is 19.5 Å². The van der Waals surface area contributed by atoms with Gasteiger partial charge in [0.2, 0.25) is 5.91 Å². The monoisotopic (exact) mass is 384 g/mol. The van der Waals surface area contributed by atoms with Crippen LogP contribution in [0, 0.1) is 5.92 Å². The highest BCUT2D eigenvalue weighted by Gasteiger charge is 2.18. The highest BCUT2D eigenvalue weighted by molar-refractivity contribution is 9.10. The zero-order valence-corrected chi connectivity index (χ0v) is 14.6. The molecule has 1 rings (SSSR count). The molecule has 2 amide bonds. The number of amides is 2. The van der Waals surface area contributed by atoms with Gasteiger partial charge >= 0.3 is 5.97 Å². The fourth-order valence-corrected chi connectivity index (χ4v) is 2.51. The zero-order chi connectivity index (χ0) is 17.2. The van der Waals surface area contributed by atoms with Gasteiger partial charge in [0.05, 0.1) is 11.5 Å². The SMILES string of the molecule is CCCCC(CCC(=O)NNC(=O)c1ccccc1Br)C(=O)O. The number of carbonyl (C=O) groups is 3. The van der Waals surface area contributed by atoms with Crippen molar-refractivity contribution in [1.82, 2.24) is 10.9 Å². The number of rotatable bonds is 8. The number of carbonyl (C=O) groups excluding carboxylic acids is 2. The molecule has 0 aromatic heterocycles. The second kappa shape index (κ2) is 9.99. The Morgan fingerprint density at radius 3 is 2.48 bits per heavy atom. The summed E-state index contributed by atoms with van der Waals surface area (Å²) in [5.41, 5.74) is 5.03. The van der Waals surface area contributed by atoms with Crippen molar-refractivity contribution in [3.63, 3.8) is 0 Å². The minimum Gasteiger partial charge on any atom is -0.481 e. The van der Waals surface area contributed by atoms with Gasteiger partial charge in [0.1, 0.15) is 0 Å². The number of carboxylic acids is 1. The van der Waals surface area contributed by atoms with Crippen molar-refractivity contribution in [2.24, 2.45) is 5.92 Å². The van der Waals surface area contributed by atoms with Crippen LogP contribution in [0.25, 0.3) is 0 Å². The van der Waals surface area contributed by atoms with Gasteiger partial charge in [0.25, 0.3) is 5.91 Å². The van der Waals surface area contributed by atoms with Crippen molar-refractivity contribution in [3.8, 4) is 0 Å². The summed E-state index contributed by atoms with van der Waals surface area (Å²) in [5.74, 6) is -2.26. The van der Waals surface area contributed by atoms with Gasteiger partial charge in [-0.1, -0.05) is 31.9 Å². The molecule has 7 heteroatoms. The quantitative estimate of drug-likeness (QED) is 0.600. The second-order valence-electron chi connectivity index (χ2n) is 5.20. The third kappa shape index (κ3) is 6.81. The molecule has 0 spiro atoms. The summed E-state index contributed by atoms with van der Waals surface area (Å²) in [6.45, 7) is 1.99. The van der Waals surface area contributed by atoms with E-state index in [1.165, 1.54) is 0 Å². The molecule has 0 fully saturated rings. The van der Waals surface area contributed by atoms with Crippen LogP contribution >= 0.6 is 15.9 Å². The Balaban J connectivity index is 2.40. The van der Waals surface area contributed by atoms with E-state index in [0.29, 0.717) is 16.5 Å². The van der Waals surface area contributed by atoms with Gasteiger partial charge in [-0.05, 0) is 40.9 Å². The van der Waals surface area contributed by atoms with E-state index in [1.54, 1.807) is 24.3 Å². The molecule has 0 saturated carbocycles. The van der Waals surface area contributed by atoms with Gasteiger partial charge in [0, 0.05) is 10.9 Å². The first-order chi connectivity index (χ1) is 11.0. The van der Waals surface area contributed by atoms with Crippen LogP contribution < -0.4 is 10.9 Å². The van der Waals surface area contributed by atoms with Crippen LogP contribution in [0.15, 0.2) is 28.7 Å². The molecule has 0 aliphatic rings. The molecule has 1 atom stereocenters. The van der Waals surface area contributed by atoms with Crippen LogP contribution in [0.5, 0.6) is 0 Å². The molecule has 0 saturated heterocycles. The number of carboxylic acid groups (broad SMARTS) is 1. The Hall–Kier alpha value is -1.89. The van der Waals surface area contributed by atoms with Gasteiger partial charge < -0.3 is 5.11 Å². The van der Waals surface area contributed by atoms with Crippen LogP contribution in [0.1, 0.15) is 49.4 Å². The topological polar surface area (TPSA) is 95.5 Å². The van der Waals surface area contributed by atoms with E-state index >= 15 is 0 Å². The lowest BCUT2D eigenvalue weighted by Gasteiger charge is -2.12. The molecule has 0 radical (unpaired) electrons. The van der Waals surface area contributed by atoms with E-state index in [2.05, 4.69) is 26.8 Å². The van der Waals surface area contributed by atoms with Crippen molar-refractivity contribution in [2.45, 2.75) is 39.0 Å². The van der Waals surface area contributed by atoms with Crippen LogP contribution in [-0.4, -0.2) is 22.9 Å². The minimum atomic E-state index is -0.886. The maximum atomic E-state index is 11.9. The van der Waals surface area contributed by atoms with Crippen LogP contribution in [0.3, 0.4) is 0 Å².